The molecule has 0 aliphatic carbocycles. The summed E-state index contributed by atoms with van der Waals surface area (Å²) in [6.45, 7) is 0.694. The van der Waals surface area contributed by atoms with E-state index in [-0.39, 0.29) is 35.8 Å². The van der Waals surface area contributed by atoms with Crippen LogP contribution in [-0.4, -0.2) is 62.0 Å². The molecule has 2 saturated heterocycles. The molecule has 1 aromatic heterocycles. The van der Waals surface area contributed by atoms with Gasteiger partial charge < -0.3 is 5.32 Å². The number of hydrogen-bond acceptors (Lipinski definition) is 7. The van der Waals surface area contributed by atoms with E-state index < -0.39 is 29.7 Å². The number of nitrogens with zero attached hydrogens (tertiary/aromatic N) is 4. The molecule has 32 heavy (non-hydrogen) atoms. The molecule has 0 saturated carbocycles. The van der Waals surface area contributed by atoms with E-state index in [1.54, 1.807) is 12.3 Å². The lowest BCUT2D eigenvalue weighted by Gasteiger charge is -2.27. The van der Waals surface area contributed by atoms with Crippen molar-refractivity contribution in [2.24, 2.45) is 5.92 Å². The number of benzene rings is 1. The van der Waals surface area contributed by atoms with Crippen molar-refractivity contribution in [2.75, 3.05) is 6.54 Å². The van der Waals surface area contributed by atoms with E-state index in [1.165, 1.54) is 16.8 Å². The average molecular weight is 436 g/mol. The molecule has 1 aromatic carbocycles. The molecule has 11 nitrogen and oxygen atoms in total. The summed E-state index contributed by atoms with van der Waals surface area (Å²) in [5.74, 6) is -2.34. The van der Waals surface area contributed by atoms with E-state index in [0.717, 1.165) is 17.7 Å². The summed E-state index contributed by atoms with van der Waals surface area (Å²) in [5, 5.41) is 13.3. The van der Waals surface area contributed by atoms with Gasteiger partial charge in [0.1, 0.15) is 6.04 Å². The first kappa shape index (κ1) is 20.0. The monoisotopic (exact) mass is 436 g/mol. The first-order valence-electron chi connectivity index (χ1n) is 10.5. The van der Waals surface area contributed by atoms with Crippen molar-refractivity contribution < 1.29 is 24.0 Å². The number of nitrogens with one attached hydrogen (secondary N) is 2. The van der Waals surface area contributed by atoms with Crippen LogP contribution in [0.1, 0.15) is 52.1 Å². The van der Waals surface area contributed by atoms with Gasteiger partial charge in [0.2, 0.25) is 17.7 Å². The quantitative estimate of drug-likeness (QED) is 0.628. The molecule has 2 atom stereocenters. The van der Waals surface area contributed by atoms with Crippen molar-refractivity contribution in [1.82, 2.24) is 30.5 Å². The molecule has 0 spiro atoms. The van der Waals surface area contributed by atoms with Crippen LogP contribution in [0.15, 0.2) is 24.4 Å². The number of aromatic nitrogens is 3. The lowest BCUT2D eigenvalue weighted by atomic mass is 9.94. The Labute approximate surface area is 182 Å². The maximum absolute atomic E-state index is 13.0. The molecule has 164 valence electrons. The van der Waals surface area contributed by atoms with E-state index in [2.05, 4.69) is 20.9 Å². The third kappa shape index (κ3) is 3.35. The van der Waals surface area contributed by atoms with Gasteiger partial charge in [0, 0.05) is 25.3 Å². The number of piperidine rings is 2. The summed E-state index contributed by atoms with van der Waals surface area (Å²) in [5.41, 5.74) is 1.55. The molecule has 2 fully saturated rings. The minimum atomic E-state index is -1.01. The van der Waals surface area contributed by atoms with Crippen LogP contribution in [0, 0.1) is 5.92 Å². The van der Waals surface area contributed by atoms with Crippen molar-refractivity contribution in [3.05, 3.63) is 41.2 Å². The summed E-state index contributed by atoms with van der Waals surface area (Å²) in [6.07, 6.45) is 4.06. The molecule has 3 aliphatic heterocycles. The third-order valence-corrected chi connectivity index (χ3v) is 6.08. The Hall–Kier alpha value is -3.89. The molecule has 3 aliphatic rings. The van der Waals surface area contributed by atoms with Crippen molar-refractivity contribution in [3.63, 3.8) is 0 Å². The van der Waals surface area contributed by atoms with Crippen LogP contribution in [0.5, 0.6) is 0 Å². The van der Waals surface area contributed by atoms with Gasteiger partial charge in [-0.05, 0) is 37.5 Å². The second kappa shape index (κ2) is 7.66. The number of carbonyl (C=O) groups excluding carboxylic acids is 5. The van der Waals surface area contributed by atoms with Crippen molar-refractivity contribution in [1.29, 1.82) is 0 Å². The van der Waals surface area contributed by atoms with E-state index in [1.807, 2.05) is 0 Å². The topological polar surface area (TPSA) is 143 Å². The Kier molecular flexibility index (Phi) is 4.80. The number of fused-ring (bicyclic) bond motifs is 1. The molecule has 11 heteroatoms. The second-order valence-electron chi connectivity index (χ2n) is 8.17. The Bertz CT molecular complexity index is 1170. The van der Waals surface area contributed by atoms with E-state index >= 15 is 0 Å². The minimum Gasteiger partial charge on any atom is -0.356 e. The zero-order chi connectivity index (χ0) is 22.4. The lowest BCUT2D eigenvalue weighted by Crippen LogP contribution is -2.54. The standard InChI is InChI=1S/C21H20N6O5/c28-17-6-5-16(19(30)23-17)27-20(31)14-4-3-13(9-15(14)21(27)32)26-10-12(24-25-26)8-11-2-1-7-22-18(11)29/h3-4,9-11,16H,1-2,5-8H2,(H,22,29)(H,23,28,30). The zero-order valence-electron chi connectivity index (χ0n) is 17.0. The minimum absolute atomic E-state index is 0.0148. The van der Waals surface area contributed by atoms with Gasteiger partial charge in [-0.2, -0.15) is 0 Å². The summed E-state index contributed by atoms with van der Waals surface area (Å²) in [6, 6.07) is 3.69. The predicted molar refractivity (Wildman–Crippen MR) is 107 cm³/mol. The molecule has 0 bridgehead atoms. The predicted octanol–water partition coefficient (Wildman–Crippen LogP) is -0.263. The van der Waals surface area contributed by atoms with Crippen LogP contribution in [-0.2, 0) is 20.8 Å². The Morgan fingerprint density at radius 3 is 2.59 bits per heavy atom. The molecule has 2 N–H and O–H groups in total. The lowest BCUT2D eigenvalue weighted by molar-refractivity contribution is -0.136. The highest BCUT2D eigenvalue weighted by Crippen LogP contribution is 2.29. The van der Waals surface area contributed by atoms with Crippen LogP contribution in [0.2, 0.25) is 0 Å². The first-order valence-corrected chi connectivity index (χ1v) is 10.5. The van der Waals surface area contributed by atoms with Gasteiger partial charge in [-0.25, -0.2) is 4.68 Å². The Morgan fingerprint density at radius 2 is 1.81 bits per heavy atom. The number of carbonyl (C=O) groups is 5. The second-order valence-corrected chi connectivity index (χ2v) is 8.17. The normalized spacial score (nSPS) is 23.2. The van der Waals surface area contributed by atoms with Gasteiger partial charge in [0.05, 0.1) is 28.7 Å². The van der Waals surface area contributed by atoms with E-state index in [0.29, 0.717) is 24.3 Å². The summed E-state index contributed by atoms with van der Waals surface area (Å²) >= 11 is 0. The van der Waals surface area contributed by atoms with Crippen LogP contribution < -0.4 is 10.6 Å². The Morgan fingerprint density at radius 1 is 1.00 bits per heavy atom. The number of amides is 5. The van der Waals surface area contributed by atoms with Gasteiger partial charge in [-0.15, -0.1) is 5.10 Å². The Balaban J connectivity index is 1.37. The smallest absolute Gasteiger partial charge is 0.262 e. The van der Waals surface area contributed by atoms with Crippen molar-refractivity contribution in [2.45, 2.75) is 38.1 Å². The van der Waals surface area contributed by atoms with Crippen LogP contribution in [0.3, 0.4) is 0 Å². The van der Waals surface area contributed by atoms with Gasteiger partial charge in [0.25, 0.3) is 11.8 Å². The maximum Gasteiger partial charge on any atom is 0.262 e. The SMILES string of the molecule is O=C1CCC(N2C(=O)c3ccc(-n4cc(CC5CCCNC5=O)nn4)cc3C2=O)C(=O)N1. The van der Waals surface area contributed by atoms with Crippen LogP contribution in [0.25, 0.3) is 5.69 Å². The highest BCUT2D eigenvalue weighted by molar-refractivity contribution is 6.23. The number of imide groups is 2. The largest absolute Gasteiger partial charge is 0.356 e. The van der Waals surface area contributed by atoms with Gasteiger partial charge >= 0.3 is 0 Å². The van der Waals surface area contributed by atoms with Gasteiger partial charge in [0.15, 0.2) is 0 Å². The van der Waals surface area contributed by atoms with Crippen LogP contribution in [0.4, 0.5) is 0 Å². The molecular formula is C21H20N6O5. The van der Waals surface area contributed by atoms with E-state index in [9.17, 15) is 24.0 Å². The third-order valence-electron chi connectivity index (χ3n) is 6.08. The molecular weight excluding hydrogens is 416 g/mol. The highest BCUT2D eigenvalue weighted by Gasteiger charge is 2.44. The first-order chi connectivity index (χ1) is 15.4. The maximum atomic E-state index is 13.0. The summed E-state index contributed by atoms with van der Waals surface area (Å²) < 4.78 is 1.49. The number of hydrogen-bond donors (Lipinski definition) is 2. The summed E-state index contributed by atoms with van der Waals surface area (Å²) in [4.78, 5) is 62.3. The molecule has 5 rings (SSSR count). The summed E-state index contributed by atoms with van der Waals surface area (Å²) in [7, 11) is 0. The molecule has 5 amide bonds. The number of rotatable bonds is 4. The molecule has 2 unspecified atom stereocenters. The average Bonchev–Trinajstić information content (AvgIpc) is 3.33. The van der Waals surface area contributed by atoms with Crippen LogP contribution >= 0.6 is 0 Å². The van der Waals surface area contributed by atoms with Crippen molar-refractivity contribution in [3.8, 4) is 5.69 Å². The van der Waals surface area contributed by atoms with Gasteiger partial charge in [-0.3, -0.25) is 34.2 Å². The van der Waals surface area contributed by atoms with Gasteiger partial charge in [-0.1, -0.05) is 5.21 Å². The fourth-order valence-electron chi connectivity index (χ4n) is 4.40. The highest BCUT2D eigenvalue weighted by atomic mass is 16.2. The fourth-order valence-corrected chi connectivity index (χ4v) is 4.40. The molecule has 4 heterocycles. The zero-order valence-corrected chi connectivity index (χ0v) is 17.0. The fraction of sp³-hybridized carbons (Fsp3) is 0.381. The molecule has 2 aromatic rings. The van der Waals surface area contributed by atoms with E-state index in [4.69, 9.17) is 0 Å². The van der Waals surface area contributed by atoms with Crippen molar-refractivity contribution >= 4 is 29.5 Å². The molecule has 0 radical (unpaired) electrons.